The Morgan fingerprint density at radius 1 is 1.09 bits per heavy atom. The van der Waals surface area contributed by atoms with Gasteiger partial charge in [0.25, 0.3) is 0 Å². The highest BCUT2D eigenvalue weighted by molar-refractivity contribution is 5.77. The van der Waals surface area contributed by atoms with Crippen molar-refractivity contribution < 1.29 is 9.59 Å². The van der Waals surface area contributed by atoms with E-state index < -0.39 is 0 Å². The molecule has 0 bridgehead atoms. The molecule has 0 radical (unpaired) electrons. The van der Waals surface area contributed by atoms with Crippen LogP contribution in [-0.4, -0.2) is 37.1 Å². The molecule has 5 N–H and O–H groups in total. The van der Waals surface area contributed by atoms with Crippen LogP contribution in [-0.2, 0) is 4.79 Å². The van der Waals surface area contributed by atoms with Gasteiger partial charge in [0.2, 0.25) is 5.91 Å². The topological polar surface area (TPSA) is 96.2 Å². The summed E-state index contributed by atoms with van der Waals surface area (Å²) in [4.78, 5) is 22.8. The number of rotatable bonds is 12. The first kappa shape index (κ1) is 18.7. The number of nitrogens with one attached hydrogen (secondary N) is 3. The first-order valence-corrected chi connectivity index (χ1v) is 8.67. The number of amides is 3. The third-order valence-electron chi connectivity index (χ3n) is 4.15. The zero-order valence-electron chi connectivity index (χ0n) is 13.8. The molecule has 1 rings (SSSR count). The van der Waals surface area contributed by atoms with Crippen molar-refractivity contribution >= 4 is 11.9 Å². The van der Waals surface area contributed by atoms with Crippen molar-refractivity contribution in [2.75, 3.05) is 13.1 Å². The predicted octanol–water partition coefficient (Wildman–Crippen LogP) is 1.64. The summed E-state index contributed by atoms with van der Waals surface area (Å²) < 4.78 is 0. The van der Waals surface area contributed by atoms with E-state index in [0.717, 1.165) is 64.5 Å². The van der Waals surface area contributed by atoms with Gasteiger partial charge in [-0.2, -0.15) is 0 Å². The Balaban J connectivity index is 1.89. The molecule has 3 amide bonds. The van der Waals surface area contributed by atoms with Crippen LogP contribution < -0.4 is 21.7 Å². The summed E-state index contributed by atoms with van der Waals surface area (Å²) in [5.74, 6) is 0.156. The predicted molar refractivity (Wildman–Crippen MR) is 88.5 cm³/mol. The van der Waals surface area contributed by atoms with Crippen LogP contribution in [0.5, 0.6) is 0 Å². The number of hydrogen-bond donors (Lipinski definition) is 4. The van der Waals surface area contributed by atoms with E-state index in [1.54, 1.807) is 0 Å². The lowest BCUT2D eigenvalue weighted by atomic mass is 10.0. The van der Waals surface area contributed by atoms with Gasteiger partial charge in [0, 0.05) is 19.0 Å². The second-order valence-electron chi connectivity index (χ2n) is 6.17. The molecule has 1 heterocycles. The molecule has 1 fully saturated rings. The van der Waals surface area contributed by atoms with Crippen molar-refractivity contribution in [1.29, 1.82) is 0 Å². The Labute approximate surface area is 134 Å². The monoisotopic (exact) mass is 312 g/mol. The van der Waals surface area contributed by atoms with Crippen LogP contribution in [0, 0.1) is 0 Å². The summed E-state index contributed by atoms with van der Waals surface area (Å²) in [5, 5.41) is 8.73. The molecule has 6 heteroatoms. The second kappa shape index (κ2) is 11.3. The first-order chi connectivity index (χ1) is 10.6. The molecule has 0 aromatic heterocycles. The Hall–Kier alpha value is -1.30. The van der Waals surface area contributed by atoms with E-state index >= 15 is 0 Å². The van der Waals surface area contributed by atoms with Crippen molar-refractivity contribution in [2.45, 2.75) is 76.8 Å². The molecular formula is C16H32N4O2. The van der Waals surface area contributed by atoms with Crippen molar-refractivity contribution in [1.82, 2.24) is 16.0 Å². The third kappa shape index (κ3) is 8.22. The minimum absolute atomic E-state index is 0.0664. The van der Waals surface area contributed by atoms with Gasteiger partial charge in [-0.1, -0.05) is 25.7 Å². The molecule has 1 unspecified atom stereocenters. The Morgan fingerprint density at radius 3 is 2.50 bits per heavy atom. The van der Waals surface area contributed by atoms with E-state index in [0.29, 0.717) is 6.42 Å². The van der Waals surface area contributed by atoms with E-state index in [2.05, 4.69) is 16.0 Å². The van der Waals surface area contributed by atoms with Gasteiger partial charge in [-0.05, 0) is 39.2 Å². The number of carbonyl (C=O) groups excluding carboxylic acids is 2. The van der Waals surface area contributed by atoms with Crippen LogP contribution in [0.3, 0.4) is 0 Å². The van der Waals surface area contributed by atoms with Crippen LogP contribution in [0.4, 0.5) is 4.79 Å². The molecular weight excluding hydrogens is 280 g/mol. The minimum Gasteiger partial charge on any atom is -0.356 e. The van der Waals surface area contributed by atoms with Crippen LogP contribution in [0.25, 0.3) is 0 Å². The van der Waals surface area contributed by atoms with E-state index in [4.69, 9.17) is 5.73 Å². The smallest absolute Gasteiger partial charge is 0.315 e. The lowest BCUT2D eigenvalue weighted by Crippen LogP contribution is -2.30. The quantitative estimate of drug-likeness (QED) is 0.412. The van der Waals surface area contributed by atoms with Crippen molar-refractivity contribution in [3.63, 3.8) is 0 Å². The van der Waals surface area contributed by atoms with Crippen molar-refractivity contribution in [3.05, 3.63) is 0 Å². The molecule has 22 heavy (non-hydrogen) atoms. The molecule has 0 aliphatic carbocycles. The molecule has 6 nitrogen and oxygen atoms in total. The number of carbonyl (C=O) groups is 2. The van der Waals surface area contributed by atoms with Crippen molar-refractivity contribution in [2.24, 2.45) is 5.73 Å². The Morgan fingerprint density at radius 2 is 1.82 bits per heavy atom. The van der Waals surface area contributed by atoms with E-state index in [9.17, 15) is 9.59 Å². The summed E-state index contributed by atoms with van der Waals surface area (Å²) >= 11 is 0. The lowest BCUT2D eigenvalue weighted by molar-refractivity contribution is -0.121. The maximum Gasteiger partial charge on any atom is 0.315 e. The van der Waals surface area contributed by atoms with Crippen LogP contribution >= 0.6 is 0 Å². The zero-order valence-corrected chi connectivity index (χ0v) is 13.8. The Kier molecular flexibility index (Phi) is 9.62. The fraction of sp³-hybridized carbons (Fsp3) is 0.875. The molecule has 1 aliphatic rings. The van der Waals surface area contributed by atoms with Crippen LogP contribution in [0.2, 0.25) is 0 Å². The number of urea groups is 1. The normalized spacial score (nSPS) is 20.5. The summed E-state index contributed by atoms with van der Waals surface area (Å²) in [6.45, 7) is 3.55. The van der Waals surface area contributed by atoms with E-state index in [-0.39, 0.29) is 24.0 Å². The Bertz CT molecular complexity index is 336. The van der Waals surface area contributed by atoms with Gasteiger partial charge in [0.15, 0.2) is 0 Å². The summed E-state index contributed by atoms with van der Waals surface area (Å²) in [6.07, 6.45) is 8.97. The van der Waals surface area contributed by atoms with Crippen LogP contribution in [0.1, 0.15) is 64.7 Å². The fourth-order valence-corrected chi connectivity index (χ4v) is 2.73. The molecule has 1 aliphatic heterocycles. The average Bonchev–Trinajstić information content (AvgIpc) is 2.80. The molecule has 0 aromatic carbocycles. The maximum atomic E-state index is 11.6. The minimum atomic E-state index is -0.0664. The van der Waals surface area contributed by atoms with Gasteiger partial charge in [-0.15, -0.1) is 0 Å². The standard InChI is InChI=1S/C16H32N4O2/c1-13-14(20-16(22)19-13)9-5-4-6-10-15(21)18-12-8-3-2-7-11-17/h13-14H,2-12,17H2,1H3,(H,18,21)(H2,19,20,22)/t13-,14?/m0/s1. The fourth-order valence-electron chi connectivity index (χ4n) is 2.73. The van der Waals surface area contributed by atoms with Crippen molar-refractivity contribution in [3.8, 4) is 0 Å². The lowest BCUT2D eigenvalue weighted by Gasteiger charge is -2.13. The maximum absolute atomic E-state index is 11.6. The van der Waals surface area contributed by atoms with Gasteiger partial charge in [-0.25, -0.2) is 4.79 Å². The number of unbranched alkanes of at least 4 members (excludes halogenated alkanes) is 5. The summed E-state index contributed by atoms with van der Waals surface area (Å²) in [5.41, 5.74) is 5.43. The highest BCUT2D eigenvalue weighted by Crippen LogP contribution is 2.11. The third-order valence-corrected chi connectivity index (χ3v) is 4.15. The summed E-state index contributed by atoms with van der Waals surface area (Å²) in [6, 6.07) is 0.369. The average molecular weight is 312 g/mol. The number of hydrogen-bond acceptors (Lipinski definition) is 3. The van der Waals surface area contributed by atoms with Gasteiger partial charge in [0.1, 0.15) is 0 Å². The molecule has 1 saturated heterocycles. The second-order valence-corrected chi connectivity index (χ2v) is 6.17. The van der Waals surface area contributed by atoms with E-state index in [1.165, 1.54) is 0 Å². The number of nitrogens with two attached hydrogens (primary N) is 1. The molecule has 0 spiro atoms. The summed E-state index contributed by atoms with van der Waals surface area (Å²) in [7, 11) is 0. The molecule has 2 atom stereocenters. The van der Waals surface area contributed by atoms with E-state index in [1.807, 2.05) is 6.92 Å². The highest BCUT2D eigenvalue weighted by atomic mass is 16.2. The zero-order chi connectivity index (χ0) is 16.2. The molecule has 128 valence electrons. The van der Waals surface area contributed by atoms with Gasteiger partial charge in [0.05, 0.1) is 6.04 Å². The molecule has 0 aromatic rings. The van der Waals surface area contributed by atoms with Crippen LogP contribution in [0.15, 0.2) is 0 Å². The van der Waals surface area contributed by atoms with Gasteiger partial charge >= 0.3 is 6.03 Å². The van der Waals surface area contributed by atoms with Gasteiger partial charge in [-0.3, -0.25) is 4.79 Å². The first-order valence-electron chi connectivity index (χ1n) is 8.67. The largest absolute Gasteiger partial charge is 0.356 e. The highest BCUT2D eigenvalue weighted by Gasteiger charge is 2.26. The molecule has 0 saturated carbocycles. The van der Waals surface area contributed by atoms with Gasteiger partial charge < -0.3 is 21.7 Å². The SMILES string of the molecule is C[C@@H]1NC(=O)NC1CCCCCC(=O)NCCCCCCN.